The average molecular weight is 278 g/mol. The Morgan fingerprint density at radius 3 is 1.92 bits per heavy atom. The second-order valence-corrected chi connectivity index (χ2v) is 4.89. The minimum absolute atomic E-state index is 0. The third-order valence-electron chi connectivity index (χ3n) is 1.68. The fourth-order valence-corrected chi connectivity index (χ4v) is 2.27. The van der Waals surface area contributed by atoms with Gasteiger partial charge in [0.25, 0.3) is 0 Å². The molecule has 0 fully saturated rings. The van der Waals surface area contributed by atoms with E-state index in [1.807, 2.05) is 0 Å². The minimum Gasteiger partial charge on any atom is -0.412 e. The van der Waals surface area contributed by atoms with Gasteiger partial charge in [-0.05, 0) is 39.6 Å². The van der Waals surface area contributed by atoms with Crippen LogP contribution >= 0.6 is 22.6 Å². The summed E-state index contributed by atoms with van der Waals surface area (Å²) in [5.74, 6) is 0. The zero-order valence-electron chi connectivity index (χ0n) is 7.69. The number of hydrogen-bond donors (Lipinski definition) is 0. The molecule has 1 rings (SSSR count). The van der Waals surface area contributed by atoms with E-state index in [1.54, 1.807) is 0 Å². The second kappa shape index (κ2) is 4.23. The molecule has 0 aliphatic rings. The van der Waals surface area contributed by atoms with E-state index in [0.717, 1.165) is 0 Å². The Labute approximate surface area is 87.6 Å². The summed E-state index contributed by atoms with van der Waals surface area (Å²) in [6.45, 7) is 6.72. The Balaban J connectivity index is 0.00000121. The molecule has 12 heavy (non-hydrogen) atoms. The number of hydrogen-bond acceptors (Lipinski definition) is 0. The highest BCUT2D eigenvalue weighted by atomic mass is 127. The van der Waals surface area contributed by atoms with Crippen LogP contribution in [-0.4, -0.2) is 5.48 Å². The summed E-state index contributed by atoms with van der Waals surface area (Å²) < 4.78 is 1.36. The highest BCUT2D eigenvalue weighted by Crippen LogP contribution is 2.26. The van der Waals surface area contributed by atoms with E-state index in [2.05, 4.69) is 67.6 Å². The first-order chi connectivity index (χ1) is 5.02. The molecular weight excluding hydrogens is 263 g/mol. The van der Waals surface area contributed by atoms with Gasteiger partial charge in [0.2, 0.25) is 0 Å². The maximum Gasteiger partial charge on any atom is 0.0167 e. The lowest BCUT2D eigenvalue weighted by Gasteiger charge is -2.20. The molecular formula is C10H15IO. The standard InChI is InChI=1S/C10H13I.H2O/c1-10(2,3)8-6-4-5-7-9(8)11;/h4-7H,1-3H3;1H2. The van der Waals surface area contributed by atoms with Crippen LogP contribution in [0.25, 0.3) is 0 Å². The molecule has 1 nitrogen and oxygen atoms in total. The largest absolute Gasteiger partial charge is 0.412 e. The van der Waals surface area contributed by atoms with Crippen LogP contribution in [0.15, 0.2) is 24.3 Å². The van der Waals surface area contributed by atoms with Crippen molar-refractivity contribution in [3.05, 3.63) is 33.4 Å². The Kier molecular flexibility index (Phi) is 4.20. The first-order valence-corrected chi connectivity index (χ1v) is 4.85. The molecule has 0 heterocycles. The lowest BCUT2D eigenvalue weighted by Crippen LogP contribution is -2.12. The summed E-state index contributed by atoms with van der Waals surface area (Å²) in [7, 11) is 0. The van der Waals surface area contributed by atoms with Gasteiger partial charge in [-0.25, -0.2) is 0 Å². The average Bonchev–Trinajstić information content (AvgIpc) is 1.86. The highest BCUT2D eigenvalue weighted by molar-refractivity contribution is 14.1. The summed E-state index contributed by atoms with van der Waals surface area (Å²) >= 11 is 2.39. The van der Waals surface area contributed by atoms with Crippen LogP contribution in [-0.2, 0) is 5.41 Å². The molecule has 0 radical (unpaired) electrons. The molecule has 0 bridgehead atoms. The number of benzene rings is 1. The van der Waals surface area contributed by atoms with Gasteiger partial charge in [0.15, 0.2) is 0 Å². The second-order valence-electron chi connectivity index (χ2n) is 3.73. The van der Waals surface area contributed by atoms with E-state index < -0.39 is 0 Å². The summed E-state index contributed by atoms with van der Waals surface area (Å²) in [6, 6.07) is 8.53. The van der Waals surface area contributed by atoms with Crippen molar-refractivity contribution in [3.63, 3.8) is 0 Å². The van der Waals surface area contributed by atoms with Gasteiger partial charge in [-0.1, -0.05) is 39.0 Å². The van der Waals surface area contributed by atoms with Gasteiger partial charge in [0.1, 0.15) is 0 Å². The van der Waals surface area contributed by atoms with Gasteiger partial charge >= 0.3 is 0 Å². The molecule has 0 amide bonds. The smallest absolute Gasteiger partial charge is 0.0167 e. The van der Waals surface area contributed by atoms with Crippen molar-refractivity contribution >= 4 is 22.6 Å². The predicted molar refractivity (Wildman–Crippen MR) is 61.5 cm³/mol. The van der Waals surface area contributed by atoms with E-state index in [1.165, 1.54) is 9.13 Å². The molecule has 0 spiro atoms. The molecule has 0 atom stereocenters. The summed E-state index contributed by atoms with van der Waals surface area (Å²) in [4.78, 5) is 0. The molecule has 1 aromatic rings. The van der Waals surface area contributed by atoms with Crippen LogP contribution < -0.4 is 0 Å². The molecule has 0 unspecified atom stereocenters. The molecule has 0 aliphatic heterocycles. The summed E-state index contributed by atoms with van der Waals surface area (Å²) in [6.07, 6.45) is 0. The SMILES string of the molecule is CC(C)(C)c1ccccc1I.O. The minimum atomic E-state index is 0. The van der Waals surface area contributed by atoms with E-state index >= 15 is 0 Å². The van der Waals surface area contributed by atoms with Gasteiger partial charge in [-0.3, -0.25) is 0 Å². The van der Waals surface area contributed by atoms with Crippen molar-refractivity contribution in [2.75, 3.05) is 0 Å². The van der Waals surface area contributed by atoms with E-state index in [-0.39, 0.29) is 10.9 Å². The fraction of sp³-hybridized carbons (Fsp3) is 0.400. The van der Waals surface area contributed by atoms with Crippen LogP contribution in [0.5, 0.6) is 0 Å². The van der Waals surface area contributed by atoms with Crippen molar-refractivity contribution in [2.24, 2.45) is 0 Å². The summed E-state index contributed by atoms with van der Waals surface area (Å²) in [5.41, 5.74) is 1.71. The Bertz CT molecular complexity index is 250. The lowest BCUT2D eigenvalue weighted by atomic mass is 9.87. The maximum atomic E-state index is 2.39. The molecule has 0 aliphatic carbocycles. The Hall–Kier alpha value is -0.0900. The van der Waals surface area contributed by atoms with Gasteiger partial charge < -0.3 is 5.48 Å². The van der Waals surface area contributed by atoms with Gasteiger partial charge in [0, 0.05) is 3.57 Å². The van der Waals surface area contributed by atoms with Crippen LogP contribution in [0.2, 0.25) is 0 Å². The topological polar surface area (TPSA) is 31.5 Å². The lowest BCUT2D eigenvalue weighted by molar-refractivity contribution is 0.587. The zero-order valence-corrected chi connectivity index (χ0v) is 9.84. The fourth-order valence-electron chi connectivity index (χ4n) is 1.07. The molecule has 68 valence electrons. The van der Waals surface area contributed by atoms with Crippen molar-refractivity contribution in [3.8, 4) is 0 Å². The first-order valence-electron chi connectivity index (χ1n) is 3.77. The Morgan fingerprint density at radius 2 is 1.58 bits per heavy atom. The normalized spacial score (nSPS) is 10.7. The third kappa shape index (κ3) is 2.75. The monoisotopic (exact) mass is 278 g/mol. The maximum absolute atomic E-state index is 2.39. The van der Waals surface area contributed by atoms with Crippen molar-refractivity contribution in [1.29, 1.82) is 0 Å². The van der Waals surface area contributed by atoms with Crippen molar-refractivity contribution in [2.45, 2.75) is 26.2 Å². The van der Waals surface area contributed by atoms with Gasteiger partial charge in [0.05, 0.1) is 0 Å². The van der Waals surface area contributed by atoms with Crippen molar-refractivity contribution < 1.29 is 5.48 Å². The van der Waals surface area contributed by atoms with Gasteiger partial charge in [-0.15, -0.1) is 0 Å². The molecule has 0 saturated carbocycles. The Morgan fingerprint density at radius 1 is 1.08 bits per heavy atom. The van der Waals surface area contributed by atoms with Crippen LogP contribution in [0.4, 0.5) is 0 Å². The molecule has 1 aromatic carbocycles. The van der Waals surface area contributed by atoms with Crippen molar-refractivity contribution in [1.82, 2.24) is 0 Å². The first kappa shape index (κ1) is 11.9. The molecule has 0 saturated heterocycles. The summed E-state index contributed by atoms with van der Waals surface area (Å²) in [5, 5.41) is 0. The van der Waals surface area contributed by atoms with Crippen LogP contribution in [0.3, 0.4) is 0 Å². The van der Waals surface area contributed by atoms with E-state index in [4.69, 9.17) is 0 Å². The molecule has 0 aromatic heterocycles. The molecule has 2 heteroatoms. The van der Waals surface area contributed by atoms with E-state index in [9.17, 15) is 0 Å². The zero-order chi connectivity index (χ0) is 8.48. The highest BCUT2D eigenvalue weighted by Gasteiger charge is 2.15. The third-order valence-corrected chi connectivity index (χ3v) is 2.62. The number of halogens is 1. The van der Waals surface area contributed by atoms with E-state index in [0.29, 0.717) is 0 Å². The molecule has 2 N–H and O–H groups in total. The quantitative estimate of drug-likeness (QED) is 0.654. The predicted octanol–water partition coefficient (Wildman–Crippen LogP) is 2.76. The van der Waals surface area contributed by atoms with Crippen LogP contribution in [0.1, 0.15) is 26.3 Å². The van der Waals surface area contributed by atoms with Gasteiger partial charge in [-0.2, -0.15) is 0 Å². The number of rotatable bonds is 0. The van der Waals surface area contributed by atoms with Crippen LogP contribution in [0, 0.1) is 3.57 Å².